The van der Waals surface area contributed by atoms with Crippen LogP contribution in [0.1, 0.15) is 6.42 Å². The molecule has 0 aliphatic carbocycles. The number of rotatable bonds is 0. The summed E-state index contributed by atoms with van der Waals surface area (Å²) in [6.07, 6.45) is 2.19. The SMILES string of the molecule is O=C=C1C=C(Br)N=C(Br)C1. The number of carbonyl (C=O) groups excluding carboxylic acids is 1. The molecule has 0 radical (unpaired) electrons. The lowest BCUT2D eigenvalue weighted by molar-refractivity contribution is 0.567. The van der Waals surface area contributed by atoms with Gasteiger partial charge in [-0.05, 0) is 37.9 Å². The molecule has 0 aromatic rings. The van der Waals surface area contributed by atoms with E-state index in [1.807, 2.05) is 5.94 Å². The third-order valence-electron chi connectivity index (χ3n) is 0.989. The van der Waals surface area contributed by atoms with Crippen molar-refractivity contribution < 1.29 is 4.79 Å². The first-order valence-corrected chi connectivity index (χ1v) is 4.15. The minimum absolute atomic E-state index is 0.540. The first-order chi connectivity index (χ1) is 4.72. The molecule has 0 fully saturated rings. The molecular weight excluding hydrogens is 262 g/mol. The maximum absolute atomic E-state index is 10.1. The smallest absolute Gasteiger partial charge is 0.128 e. The summed E-state index contributed by atoms with van der Waals surface area (Å²) >= 11 is 6.34. The van der Waals surface area contributed by atoms with Crippen LogP contribution in [0.15, 0.2) is 21.2 Å². The molecule has 2 nitrogen and oxygen atoms in total. The Kier molecular flexibility index (Phi) is 2.60. The van der Waals surface area contributed by atoms with Crippen LogP contribution in [0.4, 0.5) is 0 Å². The first-order valence-electron chi connectivity index (χ1n) is 2.56. The highest BCUT2D eigenvalue weighted by molar-refractivity contribution is 9.18. The van der Waals surface area contributed by atoms with Gasteiger partial charge in [-0.1, -0.05) is 0 Å². The van der Waals surface area contributed by atoms with E-state index in [1.165, 1.54) is 0 Å². The van der Waals surface area contributed by atoms with E-state index in [0.29, 0.717) is 16.6 Å². The van der Waals surface area contributed by atoms with Crippen LogP contribution in [0.3, 0.4) is 0 Å². The lowest BCUT2D eigenvalue weighted by Crippen LogP contribution is -1.95. The van der Waals surface area contributed by atoms with Gasteiger partial charge in [-0.25, -0.2) is 9.79 Å². The largest absolute Gasteiger partial charge is 0.238 e. The molecule has 1 aliphatic rings. The fourth-order valence-corrected chi connectivity index (χ4v) is 1.83. The van der Waals surface area contributed by atoms with Gasteiger partial charge in [0, 0.05) is 12.0 Å². The number of aliphatic imine (C=N–C) groups is 1. The summed E-state index contributed by atoms with van der Waals surface area (Å²) in [6.45, 7) is 0. The van der Waals surface area contributed by atoms with Crippen molar-refractivity contribution in [2.45, 2.75) is 6.42 Å². The number of halogens is 2. The second kappa shape index (κ2) is 3.28. The van der Waals surface area contributed by atoms with E-state index in [1.54, 1.807) is 6.08 Å². The maximum atomic E-state index is 10.1. The summed E-state index contributed by atoms with van der Waals surface area (Å²) in [5.74, 6) is 1.81. The monoisotopic (exact) mass is 263 g/mol. The number of hydrogen-bond acceptors (Lipinski definition) is 2. The molecule has 0 saturated heterocycles. The molecule has 0 aromatic heterocycles. The molecule has 0 saturated carbocycles. The molecule has 0 N–H and O–H groups in total. The van der Waals surface area contributed by atoms with Gasteiger partial charge in [0.05, 0.1) is 4.62 Å². The van der Waals surface area contributed by atoms with Gasteiger partial charge in [-0.3, -0.25) is 0 Å². The third kappa shape index (κ3) is 1.90. The predicted molar refractivity (Wildman–Crippen MR) is 47.2 cm³/mol. The van der Waals surface area contributed by atoms with E-state index in [-0.39, 0.29) is 0 Å². The van der Waals surface area contributed by atoms with Gasteiger partial charge >= 0.3 is 0 Å². The van der Waals surface area contributed by atoms with Crippen molar-refractivity contribution in [1.82, 2.24) is 0 Å². The molecule has 0 spiro atoms. The van der Waals surface area contributed by atoms with Crippen molar-refractivity contribution in [3.8, 4) is 0 Å². The lowest BCUT2D eigenvalue weighted by atomic mass is 10.2. The average molecular weight is 265 g/mol. The van der Waals surface area contributed by atoms with Crippen molar-refractivity contribution in [1.29, 1.82) is 0 Å². The standard InChI is InChI=1S/C6H3Br2NO/c7-5-1-4(3-10)2-6(8)9-5/h1H,2H2. The number of hydrogen-bond donors (Lipinski definition) is 0. The summed E-state index contributed by atoms with van der Waals surface area (Å²) in [6, 6.07) is 0. The summed E-state index contributed by atoms with van der Waals surface area (Å²) in [7, 11) is 0. The van der Waals surface area contributed by atoms with E-state index in [0.717, 1.165) is 4.62 Å². The molecule has 4 heteroatoms. The molecule has 10 heavy (non-hydrogen) atoms. The van der Waals surface area contributed by atoms with Crippen LogP contribution in [0.2, 0.25) is 0 Å². The normalized spacial score (nSPS) is 17.6. The van der Waals surface area contributed by atoms with Gasteiger partial charge in [0.2, 0.25) is 0 Å². The summed E-state index contributed by atoms with van der Waals surface area (Å²) in [5, 5.41) is 0. The summed E-state index contributed by atoms with van der Waals surface area (Å²) in [5.41, 5.74) is 0.605. The maximum Gasteiger partial charge on any atom is 0.128 e. The minimum atomic E-state index is 0.540. The fraction of sp³-hybridized carbons (Fsp3) is 0.167. The Balaban J connectivity index is 2.98. The van der Waals surface area contributed by atoms with Crippen molar-refractivity contribution >= 4 is 42.4 Å². The van der Waals surface area contributed by atoms with Gasteiger partial charge < -0.3 is 0 Å². The van der Waals surface area contributed by atoms with Crippen LogP contribution in [-0.2, 0) is 4.79 Å². The molecule has 1 rings (SSSR count). The van der Waals surface area contributed by atoms with Crippen molar-refractivity contribution in [2.24, 2.45) is 4.99 Å². The highest BCUT2D eigenvalue weighted by Gasteiger charge is 2.06. The van der Waals surface area contributed by atoms with E-state index in [4.69, 9.17) is 0 Å². The Morgan fingerprint density at radius 1 is 1.60 bits per heavy atom. The second-order valence-electron chi connectivity index (χ2n) is 1.76. The molecular formula is C6H3Br2NO. The van der Waals surface area contributed by atoms with E-state index >= 15 is 0 Å². The average Bonchev–Trinajstić information content (AvgIpc) is 1.85. The zero-order chi connectivity index (χ0) is 7.56. The Morgan fingerprint density at radius 3 is 2.80 bits per heavy atom. The molecule has 0 amide bonds. The van der Waals surface area contributed by atoms with Gasteiger partial charge in [0.25, 0.3) is 0 Å². The third-order valence-corrected chi connectivity index (χ3v) is 1.85. The Morgan fingerprint density at radius 2 is 2.30 bits per heavy atom. The lowest BCUT2D eigenvalue weighted by Gasteiger charge is -2.02. The molecule has 52 valence electrons. The van der Waals surface area contributed by atoms with E-state index in [2.05, 4.69) is 36.9 Å². The zero-order valence-corrected chi connectivity index (χ0v) is 8.07. The number of allylic oxidation sites excluding steroid dienone is 2. The van der Waals surface area contributed by atoms with Crippen LogP contribution in [-0.4, -0.2) is 10.6 Å². The quantitative estimate of drug-likeness (QED) is 0.487. The molecule has 0 bridgehead atoms. The van der Waals surface area contributed by atoms with Crippen LogP contribution in [0.5, 0.6) is 0 Å². The zero-order valence-electron chi connectivity index (χ0n) is 4.90. The van der Waals surface area contributed by atoms with Crippen LogP contribution in [0.25, 0.3) is 0 Å². The number of nitrogens with zero attached hydrogens (tertiary/aromatic N) is 1. The van der Waals surface area contributed by atoms with E-state index in [9.17, 15) is 4.79 Å². The highest BCUT2D eigenvalue weighted by atomic mass is 79.9. The predicted octanol–water partition coefficient (Wildman–Crippen LogP) is 2.18. The molecule has 1 heterocycles. The summed E-state index contributed by atoms with van der Waals surface area (Å²) in [4.78, 5) is 14.1. The van der Waals surface area contributed by atoms with Crippen LogP contribution < -0.4 is 0 Å². The topological polar surface area (TPSA) is 29.4 Å². The Labute approximate surface area is 75.0 Å². The fourth-order valence-electron chi connectivity index (χ4n) is 0.605. The molecule has 0 aromatic carbocycles. The summed E-state index contributed by atoms with van der Waals surface area (Å²) < 4.78 is 1.41. The molecule has 0 atom stereocenters. The molecule has 1 aliphatic heterocycles. The van der Waals surface area contributed by atoms with Crippen molar-refractivity contribution in [2.75, 3.05) is 0 Å². The van der Waals surface area contributed by atoms with E-state index < -0.39 is 0 Å². The Hall–Kier alpha value is -0.180. The van der Waals surface area contributed by atoms with Crippen LogP contribution >= 0.6 is 31.9 Å². The van der Waals surface area contributed by atoms with Gasteiger partial charge in [0.15, 0.2) is 0 Å². The van der Waals surface area contributed by atoms with Gasteiger partial charge in [-0.2, -0.15) is 0 Å². The Bertz CT molecular complexity index is 261. The van der Waals surface area contributed by atoms with Gasteiger partial charge in [0.1, 0.15) is 10.5 Å². The first kappa shape index (κ1) is 7.92. The van der Waals surface area contributed by atoms with Gasteiger partial charge in [-0.15, -0.1) is 0 Å². The van der Waals surface area contributed by atoms with Crippen LogP contribution in [0, 0.1) is 0 Å². The van der Waals surface area contributed by atoms with Crippen molar-refractivity contribution in [3.05, 3.63) is 16.3 Å². The van der Waals surface area contributed by atoms with Crippen molar-refractivity contribution in [3.63, 3.8) is 0 Å². The molecule has 0 unspecified atom stereocenters. The second-order valence-corrected chi connectivity index (χ2v) is 3.49. The minimum Gasteiger partial charge on any atom is -0.238 e. The highest BCUT2D eigenvalue weighted by Crippen LogP contribution is 2.20.